The van der Waals surface area contributed by atoms with Crippen molar-refractivity contribution in [2.24, 2.45) is 0 Å². The van der Waals surface area contributed by atoms with Gasteiger partial charge in [-0.15, -0.1) is 0 Å². The van der Waals surface area contributed by atoms with E-state index in [2.05, 4.69) is 5.32 Å². The van der Waals surface area contributed by atoms with Gasteiger partial charge in [0.05, 0.1) is 0 Å². The summed E-state index contributed by atoms with van der Waals surface area (Å²) in [6.07, 6.45) is 0.591. The molecule has 0 aromatic heterocycles. The number of rotatable bonds is 2. The summed E-state index contributed by atoms with van der Waals surface area (Å²) < 4.78 is 0. The zero-order chi connectivity index (χ0) is 5.70. The Balaban J connectivity index is 0. The fourth-order valence-corrected chi connectivity index (χ4v) is 0.322. The van der Waals surface area contributed by atoms with Crippen LogP contribution in [0.2, 0.25) is 0 Å². The van der Waals surface area contributed by atoms with Crippen LogP contribution >= 0.6 is 0 Å². The summed E-state index contributed by atoms with van der Waals surface area (Å²) in [4.78, 5) is 10.3. The van der Waals surface area contributed by atoms with E-state index in [4.69, 9.17) is 0 Å². The van der Waals surface area contributed by atoms with E-state index in [1.807, 2.05) is 13.8 Å². The van der Waals surface area contributed by atoms with Gasteiger partial charge in [-0.1, -0.05) is 6.92 Å². The summed E-state index contributed by atoms with van der Waals surface area (Å²) in [6, 6.07) is 0. The van der Waals surface area contributed by atoms with Gasteiger partial charge in [0.1, 0.15) is 0 Å². The maximum absolute atomic E-state index is 10.3. The molecular formula is C5H11LiNO. The number of hydrogen-bond donors (Lipinski definition) is 1. The molecule has 0 aliphatic heterocycles. The normalized spacial score (nSPS) is 7.25. The third-order valence-corrected chi connectivity index (χ3v) is 0.695. The fraction of sp³-hybridized carbons (Fsp3) is 0.800. The molecule has 0 saturated carbocycles. The van der Waals surface area contributed by atoms with Gasteiger partial charge in [-0.05, 0) is 6.92 Å². The molecule has 1 radical (unpaired) electrons. The molecule has 8 heavy (non-hydrogen) atoms. The molecule has 2 nitrogen and oxygen atoms in total. The molecule has 0 aromatic carbocycles. The molecule has 0 fully saturated rings. The first-order valence-electron chi connectivity index (χ1n) is 2.58. The van der Waals surface area contributed by atoms with E-state index in [9.17, 15) is 4.79 Å². The molecule has 1 amide bonds. The Morgan fingerprint density at radius 2 is 2.00 bits per heavy atom. The second-order valence-electron chi connectivity index (χ2n) is 1.31. The average Bonchev–Trinajstić information content (AvgIpc) is 1.68. The minimum absolute atomic E-state index is 0. The van der Waals surface area contributed by atoms with Gasteiger partial charge in [-0.2, -0.15) is 0 Å². The molecule has 0 spiro atoms. The quantitative estimate of drug-likeness (QED) is 0.501. The van der Waals surface area contributed by atoms with Crippen molar-refractivity contribution < 1.29 is 4.79 Å². The fourth-order valence-electron chi connectivity index (χ4n) is 0.322. The van der Waals surface area contributed by atoms with Gasteiger partial charge in [0.15, 0.2) is 0 Å². The van der Waals surface area contributed by atoms with Gasteiger partial charge >= 0.3 is 0 Å². The Bertz CT molecular complexity index is 65.4. The van der Waals surface area contributed by atoms with Crippen LogP contribution < -0.4 is 5.32 Å². The van der Waals surface area contributed by atoms with Crippen molar-refractivity contribution in [3.63, 3.8) is 0 Å². The van der Waals surface area contributed by atoms with Gasteiger partial charge in [0.25, 0.3) is 0 Å². The third kappa shape index (κ3) is 6.07. The molecular weight excluding hydrogens is 97.0 g/mol. The summed E-state index contributed by atoms with van der Waals surface area (Å²) in [6.45, 7) is 4.49. The van der Waals surface area contributed by atoms with Crippen LogP contribution in [-0.4, -0.2) is 31.3 Å². The predicted molar refractivity (Wildman–Crippen MR) is 34.7 cm³/mol. The van der Waals surface area contributed by atoms with E-state index in [1.54, 1.807) is 0 Å². The Morgan fingerprint density at radius 1 is 1.50 bits per heavy atom. The van der Waals surface area contributed by atoms with Crippen LogP contribution in [0.1, 0.15) is 20.3 Å². The average molecular weight is 108 g/mol. The topological polar surface area (TPSA) is 29.1 Å². The van der Waals surface area contributed by atoms with Crippen LogP contribution in [0.5, 0.6) is 0 Å². The Morgan fingerprint density at radius 3 is 2.12 bits per heavy atom. The third-order valence-electron chi connectivity index (χ3n) is 0.695. The van der Waals surface area contributed by atoms with Gasteiger partial charge in [0, 0.05) is 31.8 Å². The second kappa shape index (κ2) is 7.07. The van der Waals surface area contributed by atoms with Crippen LogP contribution in [0.25, 0.3) is 0 Å². The monoisotopic (exact) mass is 108 g/mol. The summed E-state index contributed by atoms with van der Waals surface area (Å²) >= 11 is 0. The molecule has 1 N–H and O–H groups in total. The van der Waals surface area contributed by atoms with Gasteiger partial charge < -0.3 is 5.32 Å². The first kappa shape index (κ1) is 10.9. The summed E-state index contributed by atoms with van der Waals surface area (Å²) in [5.41, 5.74) is 0. The number of amides is 1. The largest absolute Gasteiger partial charge is 0.356 e. The van der Waals surface area contributed by atoms with Gasteiger partial charge in [-0.3, -0.25) is 4.79 Å². The van der Waals surface area contributed by atoms with E-state index >= 15 is 0 Å². The van der Waals surface area contributed by atoms with Crippen molar-refractivity contribution in [2.75, 3.05) is 6.54 Å². The summed E-state index contributed by atoms with van der Waals surface area (Å²) in [7, 11) is 0. The van der Waals surface area contributed by atoms with E-state index in [0.717, 1.165) is 6.54 Å². The van der Waals surface area contributed by atoms with Gasteiger partial charge in [-0.25, -0.2) is 0 Å². The molecule has 0 heterocycles. The summed E-state index contributed by atoms with van der Waals surface area (Å²) in [5.74, 6) is 0.127. The van der Waals surface area contributed by atoms with E-state index in [1.165, 1.54) is 0 Å². The molecule has 0 bridgehead atoms. The first-order valence-corrected chi connectivity index (χ1v) is 2.58. The number of carbonyl (C=O) groups is 1. The summed E-state index contributed by atoms with van der Waals surface area (Å²) in [5, 5.41) is 2.66. The molecule has 0 rings (SSSR count). The van der Waals surface area contributed by atoms with Gasteiger partial charge in [0.2, 0.25) is 5.91 Å². The molecule has 3 heteroatoms. The predicted octanol–water partition coefficient (Wildman–Crippen LogP) is 0.152. The van der Waals surface area contributed by atoms with E-state index in [0.29, 0.717) is 6.42 Å². The zero-order valence-electron chi connectivity index (χ0n) is 5.82. The van der Waals surface area contributed by atoms with Crippen LogP contribution in [0.15, 0.2) is 0 Å². The van der Waals surface area contributed by atoms with E-state index < -0.39 is 0 Å². The molecule has 43 valence electrons. The first-order chi connectivity index (χ1) is 3.31. The number of carbonyl (C=O) groups excluding carboxylic acids is 1. The number of nitrogens with one attached hydrogen (secondary N) is 1. The second-order valence-corrected chi connectivity index (χ2v) is 1.31. The van der Waals surface area contributed by atoms with Crippen molar-refractivity contribution in [3.8, 4) is 0 Å². The van der Waals surface area contributed by atoms with Crippen molar-refractivity contribution >= 4 is 24.8 Å². The van der Waals surface area contributed by atoms with Crippen LogP contribution in [0.3, 0.4) is 0 Å². The SMILES string of the molecule is CCNC(=O)CC.[Li]. The molecule has 0 unspecified atom stereocenters. The molecule has 0 atom stereocenters. The van der Waals surface area contributed by atoms with Crippen molar-refractivity contribution in [1.82, 2.24) is 5.32 Å². The molecule has 0 aliphatic carbocycles. The van der Waals surface area contributed by atoms with Crippen molar-refractivity contribution in [1.29, 1.82) is 0 Å². The molecule has 0 saturated heterocycles. The Hall–Kier alpha value is 0.0674. The van der Waals surface area contributed by atoms with Crippen LogP contribution in [0.4, 0.5) is 0 Å². The maximum Gasteiger partial charge on any atom is 0.219 e. The smallest absolute Gasteiger partial charge is 0.219 e. The van der Waals surface area contributed by atoms with Crippen molar-refractivity contribution in [3.05, 3.63) is 0 Å². The van der Waals surface area contributed by atoms with Crippen LogP contribution in [0, 0.1) is 0 Å². The zero-order valence-corrected chi connectivity index (χ0v) is 5.82. The maximum atomic E-state index is 10.3. The molecule has 0 aromatic rings. The Kier molecular flexibility index (Phi) is 9.67. The minimum atomic E-state index is 0. The Labute approximate surface area is 62.2 Å². The molecule has 0 aliphatic rings. The number of hydrogen-bond acceptors (Lipinski definition) is 1. The van der Waals surface area contributed by atoms with Crippen LogP contribution in [-0.2, 0) is 4.79 Å². The van der Waals surface area contributed by atoms with E-state index in [-0.39, 0.29) is 24.8 Å². The standard InChI is InChI=1S/C5H11NO.Li/c1-3-5(7)6-4-2;/h3-4H2,1-2H3,(H,6,7);. The van der Waals surface area contributed by atoms with Crippen molar-refractivity contribution in [2.45, 2.75) is 20.3 Å². The minimum Gasteiger partial charge on any atom is -0.356 e.